The molecule has 0 aliphatic rings. The van der Waals surface area contributed by atoms with Crippen molar-refractivity contribution < 1.29 is 9.72 Å². The summed E-state index contributed by atoms with van der Waals surface area (Å²) in [6, 6.07) is 26.4. The Balaban J connectivity index is 1.54. The quantitative estimate of drug-likeness (QED) is 0.243. The summed E-state index contributed by atoms with van der Waals surface area (Å²) in [7, 11) is 0. The van der Waals surface area contributed by atoms with Gasteiger partial charge in [-0.1, -0.05) is 90.5 Å². The number of aryl methyl sites for hydroxylation is 1. The van der Waals surface area contributed by atoms with Crippen molar-refractivity contribution in [3.8, 4) is 0 Å². The number of anilines is 2. The van der Waals surface area contributed by atoms with Crippen LogP contribution in [0.1, 0.15) is 28.2 Å². The summed E-state index contributed by atoms with van der Waals surface area (Å²) in [6.07, 6.45) is 1.20. The molecular formula is C26H24N6O3. The molecule has 0 atom stereocenters. The first kappa shape index (κ1) is 23.4. The second kappa shape index (κ2) is 10.9. The molecular weight excluding hydrogens is 444 g/mol. The van der Waals surface area contributed by atoms with Gasteiger partial charge in [0.1, 0.15) is 6.33 Å². The molecule has 9 nitrogen and oxygen atoms in total. The molecule has 0 fully saturated rings. The van der Waals surface area contributed by atoms with Crippen molar-refractivity contribution in [3.63, 3.8) is 0 Å². The van der Waals surface area contributed by atoms with Crippen LogP contribution in [0.3, 0.4) is 0 Å². The number of rotatable bonds is 9. The maximum atomic E-state index is 13.2. The van der Waals surface area contributed by atoms with Gasteiger partial charge in [-0.15, -0.1) is 0 Å². The van der Waals surface area contributed by atoms with Crippen LogP contribution in [-0.2, 0) is 11.3 Å². The summed E-state index contributed by atoms with van der Waals surface area (Å²) < 4.78 is 0. The van der Waals surface area contributed by atoms with Crippen molar-refractivity contribution in [1.29, 1.82) is 0 Å². The van der Waals surface area contributed by atoms with Gasteiger partial charge in [-0.25, -0.2) is 9.97 Å². The van der Waals surface area contributed by atoms with E-state index < -0.39 is 10.8 Å². The van der Waals surface area contributed by atoms with Gasteiger partial charge in [0.15, 0.2) is 0 Å². The van der Waals surface area contributed by atoms with E-state index in [1.165, 1.54) is 6.33 Å². The Morgan fingerprint density at radius 2 is 1.46 bits per heavy atom. The number of carbonyl (C=O) groups is 1. The van der Waals surface area contributed by atoms with E-state index in [1.807, 2.05) is 91.9 Å². The van der Waals surface area contributed by atoms with E-state index in [4.69, 9.17) is 0 Å². The Morgan fingerprint density at radius 1 is 0.886 bits per heavy atom. The fourth-order valence-electron chi connectivity index (χ4n) is 3.64. The van der Waals surface area contributed by atoms with Crippen LogP contribution in [0.15, 0.2) is 91.3 Å². The fraction of sp³-hybridized carbons (Fsp3) is 0.115. The lowest BCUT2D eigenvalue weighted by molar-refractivity contribution is -0.383. The van der Waals surface area contributed by atoms with Crippen LogP contribution >= 0.6 is 0 Å². The summed E-state index contributed by atoms with van der Waals surface area (Å²) in [4.78, 5) is 32.5. The second-order valence-corrected chi connectivity index (χ2v) is 7.88. The Hall–Kier alpha value is -4.79. The third-order valence-electron chi connectivity index (χ3n) is 5.42. The molecule has 0 aliphatic heterocycles. The molecule has 1 heterocycles. The molecule has 0 saturated heterocycles. The number of hydrogen-bond donors (Lipinski definition) is 3. The zero-order chi connectivity index (χ0) is 24.6. The first-order chi connectivity index (χ1) is 17.0. The lowest BCUT2D eigenvalue weighted by Gasteiger charge is -2.18. The number of benzene rings is 3. The zero-order valence-corrected chi connectivity index (χ0v) is 19.0. The van der Waals surface area contributed by atoms with Crippen LogP contribution in [0.4, 0.5) is 17.3 Å². The fourth-order valence-corrected chi connectivity index (χ4v) is 3.64. The van der Waals surface area contributed by atoms with Crippen molar-refractivity contribution in [3.05, 3.63) is 124 Å². The molecule has 3 N–H and O–H groups in total. The summed E-state index contributed by atoms with van der Waals surface area (Å²) in [5.41, 5.74) is 8.49. The van der Waals surface area contributed by atoms with Crippen molar-refractivity contribution in [2.45, 2.75) is 19.4 Å². The van der Waals surface area contributed by atoms with Gasteiger partial charge in [0.2, 0.25) is 17.5 Å². The Bertz CT molecular complexity index is 1260. The molecule has 9 heteroatoms. The molecule has 176 valence electrons. The number of hydrogen-bond acceptors (Lipinski definition) is 7. The van der Waals surface area contributed by atoms with Gasteiger partial charge in [-0.2, -0.15) is 0 Å². The van der Waals surface area contributed by atoms with Gasteiger partial charge in [0.25, 0.3) is 0 Å². The predicted octanol–water partition coefficient (Wildman–Crippen LogP) is 4.58. The van der Waals surface area contributed by atoms with Gasteiger partial charge in [-0.05, 0) is 23.6 Å². The van der Waals surface area contributed by atoms with Crippen molar-refractivity contribution in [2.24, 2.45) is 0 Å². The number of nitro groups is 1. The first-order valence-corrected chi connectivity index (χ1v) is 11.0. The summed E-state index contributed by atoms with van der Waals surface area (Å²) in [6.45, 7) is 2.33. The Labute approximate surface area is 202 Å². The number of nitrogens with one attached hydrogen (secondary N) is 3. The average molecular weight is 469 g/mol. The molecule has 0 radical (unpaired) electrons. The van der Waals surface area contributed by atoms with E-state index in [0.29, 0.717) is 6.54 Å². The highest BCUT2D eigenvalue weighted by atomic mass is 16.6. The third kappa shape index (κ3) is 5.77. The largest absolute Gasteiger partial charge is 0.360 e. The van der Waals surface area contributed by atoms with Gasteiger partial charge < -0.3 is 5.32 Å². The highest BCUT2D eigenvalue weighted by Crippen LogP contribution is 2.29. The monoisotopic (exact) mass is 468 g/mol. The molecule has 35 heavy (non-hydrogen) atoms. The van der Waals surface area contributed by atoms with Gasteiger partial charge in [0, 0.05) is 6.54 Å². The minimum absolute atomic E-state index is 0.0463. The smallest absolute Gasteiger partial charge is 0.354 e. The van der Waals surface area contributed by atoms with Crippen molar-refractivity contribution in [1.82, 2.24) is 15.4 Å². The van der Waals surface area contributed by atoms with Crippen LogP contribution in [0.2, 0.25) is 0 Å². The number of amides is 1. The minimum atomic E-state index is -0.620. The van der Waals surface area contributed by atoms with Crippen LogP contribution in [-0.4, -0.2) is 20.8 Å². The maximum absolute atomic E-state index is 13.2. The van der Waals surface area contributed by atoms with E-state index in [-0.39, 0.29) is 23.2 Å². The SMILES string of the molecule is Cc1ccc(CNc2ncnc(NNC(=O)C(c3ccccc3)c3ccccc3)c2[N+](=O)[O-])cc1. The van der Waals surface area contributed by atoms with Crippen LogP contribution in [0.5, 0.6) is 0 Å². The minimum Gasteiger partial charge on any atom is -0.360 e. The summed E-state index contributed by atoms with van der Waals surface area (Å²) in [5.74, 6) is -1.08. The molecule has 3 aromatic carbocycles. The number of carbonyl (C=O) groups excluding carboxylic acids is 1. The third-order valence-corrected chi connectivity index (χ3v) is 5.42. The highest BCUT2D eigenvalue weighted by Gasteiger charge is 2.26. The van der Waals surface area contributed by atoms with Gasteiger partial charge >= 0.3 is 5.69 Å². The number of nitrogens with zero attached hydrogens (tertiary/aromatic N) is 3. The normalized spacial score (nSPS) is 10.6. The van der Waals surface area contributed by atoms with Crippen molar-refractivity contribution in [2.75, 3.05) is 10.7 Å². The van der Waals surface area contributed by atoms with E-state index in [9.17, 15) is 14.9 Å². The lowest BCUT2D eigenvalue weighted by Crippen LogP contribution is -2.35. The van der Waals surface area contributed by atoms with Crippen molar-refractivity contribution >= 4 is 23.2 Å². The predicted molar refractivity (Wildman–Crippen MR) is 134 cm³/mol. The molecule has 4 aromatic rings. The standard InChI is InChI=1S/C26H24N6O3/c1-18-12-14-19(15-13-18)16-27-24-23(32(34)35)25(29-17-28-24)30-31-26(33)22(20-8-4-2-5-9-20)21-10-6-3-7-11-21/h2-15,17,22H,16H2,1H3,(H,31,33)(H2,27,28,29,30). The summed E-state index contributed by atoms with van der Waals surface area (Å²) in [5, 5.41) is 14.8. The van der Waals surface area contributed by atoms with Crippen LogP contribution in [0, 0.1) is 17.0 Å². The molecule has 0 aliphatic carbocycles. The lowest BCUT2D eigenvalue weighted by atomic mass is 9.91. The molecule has 0 bridgehead atoms. The average Bonchev–Trinajstić information content (AvgIpc) is 2.88. The van der Waals surface area contributed by atoms with E-state index >= 15 is 0 Å². The summed E-state index contributed by atoms with van der Waals surface area (Å²) >= 11 is 0. The number of hydrazine groups is 1. The van der Waals surface area contributed by atoms with Gasteiger partial charge in [0.05, 0.1) is 10.8 Å². The molecule has 0 unspecified atom stereocenters. The van der Waals surface area contributed by atoms with Crippen LogP contribution < -0.4 is 16.2 Å². The van der Waals surface area contributed by atoms with Gasteiger partial charge in [-0.3, -0.25) is 25.8 Å². The number of aromatic nitrogens is 2. The highest BCUT2D eigenvalue weighted by molar-refractivity contribution is 5.88. The first-order valence-electron chi connectivity index (χ1n) is 11.0. The topological polar surface area (TPSA) is 122 Å². The molecule has 4 rings (SSSR count). The second-order valence-electron chi connectivity index (χ2n) is 7.88. The molecule has 0 spiro atoms. The molecule has 1 amide bonds. The van der Waals surface area contributed by atoms with E-state index in [0.717, 1.165) is 22.3 Å². The Kier molecular flexibility index (Phi) is 7.27. The molecule has 0 saturated carbocycles. The van der Waals surface area contributed by atoms with E-state index in [2.05, 4.69) is 26.1 Å². The molecule has 1 aromatic heterocycles. The Morgan fingerprint density at radius 3 is 2.03 bits per heavy atom. The zero-order valence-electron chi connectivity index (χ0n) is 19.0. The van der Waals surface area contributed by atoms with Crippen LogP contribution in [0.25, 0.3) is 0 Å². The van der Waals surface area contributed by atoms with E-state index in [1.54, 1.807) is 0 Å². The maximum Gasteiger partial charge on any atom is 0.354 e.